The molecule has 0 fully saturated rings. The smallest absolute Gasteiger partial charge is 0.126 e. The molecular formula is C15H19FN2S. The van der Waals surface area contributed by atoms with Crippen LogP contribution in [0.2, 0.25) is 0 Å². The fourth-order valence-corrected chi connectivity index (χ4v) is 2.63. The first kappa shape index (κ1) is 14.2. The van der Waals surface area contributed by atoms with Crippen molar-refractivity contribution in [3.05, 3.63) is 58.0 Å². The van der Waals surface area contributed by atoms with Crippen LogP contribution in [0.1, 0.15) is 17.4 Å². The second-order valence-electron chi connectivity index (χ2n) is 4.97. The summed E-state index contributed by atoms with van der Waals surface area (Å²) in [6, 6.07) is 11.0. The molecule has 0 radical (unpaired) electrons. The predicted octanol–water partition coefficient (Wildman–Crippen LogP) is 2.94. The second kappa shape index (κ2) is 6.28. The standard InChI is InChI=1S/C15H19FN2S/c1-15(11-17,18-10-13-6-4-8-19-13)9-12-5-2-3-7-14(12)16/h2-8,18H,9-11,17H2,1H3. The van der Waals surface area contributed by atoms with Crippen LogP contribution in [0.15, 0.2) is 41.8 Å². The lowest BCUT2D eigenvalue weighted by Gasteiger charge is -2.29. The molecule has 0 aliphatic carbocycles. The van der Waals surface area contributed by atoms with Crippen LogP contribution in [0.5, 0.6) is 0 Å². The van der Waals surface area contributed by atoms with Crippen molar-refractivity contribution in [1.82, 2.24) is 5.32 Å². The molecule has 1 aromatic carbocycles. The first-order valence-corrected chi connectivity index (χ1v) is 7.22. The van der Waals surface area contributed by atoms with Crippen LogP contribution in [0, 0.1) is 5.82 Å². The van der Waals surface area contributed by atoms with Gasteiger partial charge in [0.2, 0.25) is 0 Å². The predicted molar refractivity (Wildman–Crippen MR) is 78.7 cm³/mol. The molecule has 1 unspecified atom stereocenters. The highest BCUT2D eigenvalue weighted by Gasteiger charge is 2.23. The van der Waals surface area contributed by atoms with E-state index in [1.807, 2.05) is 30.5 Å². The van der Waals surface area contributed by atoms with E-state index in [-0.39, 0.29) is 11.4 Å². The van der Waals surface area contributed by atoms with E-state index < -0.39 is 0 Å². The number of halogens is 1. The molecule has 3 N–H and O–H groups in total. The third-order valence-electron chi connectivity index (χ3n) is 3.26. The average Bonchev–Trinajstić information content (AvgIpc) is 2.93. The third kappa shape index (κ3) is 3.86. The van der Waals surface area contributed by atoms with Gasteiger partial charge in [0.25, 0.3) is 0 Å². The summed E-state index contributed by atoms with van der Waals surface area (Å²) in [4.78, 5) is 1.26. The molecule has 0 spiro atoms. The molecule has 0 amide bonds. The van der Waals surface area contributed by atoms with Crippen molar-refractivity contribution in [3.63, 3.8) is 0 Å². The van der Waals surface area contributed by atoms with Crippen LogP contribution in [-0.2, 0) is 13.0 Å². The van der Waals surface area contributed by atoms with Crippen LogP contribution >= 0.6 is 11.3 Å². The lowest BCUT2D eigenvalue weighted by Crippen LogP contribution is -2.50. The van der Waals surface area contributed by atoms with Gasteiger partial charge in [0.15, 0.2) is 0 Å². The molecule has 2 aromatic rings. The molecule has 2 nitrogen and oxygen atoms in total. The average molecular weight is 278 g/mol. The van der Waals surface area contributed by atoms with Crippen LogP contribution in [0.3, 0.4) is 0 Å². The van der Waals surface area contributed by atoms with E-state index in [9.17, 15) is 4.39 Å². The number of hydrogen-bond donors (Lipinski definition) is 2. The Morgan fingerprint density at radius 3 is 2.68 bits per heavy atom. The summed E-state index contributed by atoms with van der Waals surface area (Å²) in [5, 5.41) is 5.49. The lowest BCUT2D eigenvalue weighted by molar-refractivity contribution is 0.355. The second-order valence-corrected chi connectivity index (χ2v) is 6.00. The highest BCUT2D eigenvalue weighted by Crippen LogP contribution is 2.17. The Morgan fingerprint density at radius 2 is 2.05 bits per heavy atom. The van der Waals surface area contributed by atoms with Gasteiger partial charge in [-0.2, -0.15) is 0 Å². The monoisotopic (exact) mass is 278 g/mol. The Balaban J connectivity index is 2.03. The van der Waals surface area contributed by atoms with Gasteiger partial charge in [0.05, 0.1) is 0 Å². The molecule has 0 saturated heterocycles. The minimum absolute atomic E-state index is 0.167. The number of nitrogens with one attached hydrogen (secondary N) is 1. The fourth-order valence-electron chi connectivity index (χ4n) is 1.98. The molecule has 4 heteroatoms. The minimum Gasteiger partial charge on any atom is -0.329 e. The zero-order valence-electron chi connectivity index (χ0n) is 11.0. The fraction of sp³-hybridized carbons (Fsp3) is 0.333. The number of hydrogen-bond acceptors (Lipinski definition) is 3. The van der Waals surface area contributed by atoms with Crippen molar-refractivity contribution >= 4 is 11.3 Å². The Morgan fingerprint density at radius 1 is 1.26 bits per heavy atom. The van der Waals surface area contributed by atoms with E-state index in [1.54, 1.807) is 17.4 Å². The van der Waals surface area contributed by atoms with Crippen LogP contribution < -0.4 is 11.1 Å². The van der Waals surface area contributed by atoms with Crippen molar-refractivity contribution in [3.8, 4) is 0 Å². The molecule has 0 saturated carbocycles. The first-order chi connectivity index (χ1) is 9.13. The molecule has 19 heavy (non-hydrogen) atoms. The number of benzene rings is 1. The summed E-state index contributed by atoms with van der Waals surface area (Å²) >= 11 is 1.71. The van der Waals surface area contributed by atoms with Crippen LogP contribution in [0.4, 0.5) is 4.39 Å². The van der Waals surface area contributed by atoms with E-state index in [0.717, 1.165) is 6.54 Å². The maximum Gasteiger partial charge on any atom is 0.126 e. The van der Waals surface area contributed by atoms with E-state index in [0.29, 0.717) is 18.5 Å². The van der Waals surface area contributed by atoms with E-state index >= 15 is 0 Å². The largest absolute Gasteiger partial charge is 0.329 e. The zero-order valence-corrected chi connectivity index (χ0v) is 11.8. The summed E-state index contributed by atoms with van der Waals surface area (Å²) in [5.41, 5.74) is 6.27. The van der Waals surface area contributed by atoms with Gasteiger partial charge >= 0.3 is 0 Å². The number of nitrogens with two attached hydrogens (primary N) is 1. The Labute approximate surface area is 117 Å². The maximum absolute atomic E-state index is 13.7. The number of thiophene rings is 1. The first-order valence-electron chi connectivity index (χ1n) is 6.34. The molecule has 0 aliphatic heterocycles. The summed E-state index contributed by atoms with van der Waals surface area (Å²) < 4.78 is 13.7. The van der Waals surface area contributed by atoms with Gasteiger partial charge in [-0.3, -0.25) is 0 Å². The van der Waals surface area contributed by atoms with Gasteiger partial charge in [-0.25, -0.2) is 4.39 Å². The van der Waals surface area contributed by atoms with Gasteiger partial charge in [0.1, 0.15) is 5.82 Å². The van der Waals surface area contributed by atoms with E-state index in [2.05, 4.69) is 11.4 Å². The quantitative estimate of drug-likeness (QED) is 0.852. The summed E-state index contributed by atoms with van der Waals surface area (Å²) in [6.45, 7) is 3.26. The van der Waals surface area contributed by atoms with Gasteiger partial charge in [-0.05, 0) is 36.4 Å². The molecular weight excluding hydrogens is 259 g/mol. The van der Waals surface area contributed by atoms with E-state index in [4.69, 9.17) is 5.73 Å². The molecule has 2 rings (SSSR count). The summed E-state index contributed by atoms with van der Waals surface area (Å²) in [6.07, 6.45) is 0.585. The lowest BCUT2D eigenvalue weighted by atomic mass is 9.92. The Hall–Kier alpha value is -1.23. The highest BCUT2D eigenvalue weighted by molar-refractivity contribution is 7.09. The molecule has 0 aliphatic rings. The minimum atomic E-state index is -0.299. The molecule has 102 valence electrons. The SMILES string of the molecule is CC(CN)(Cc1ccccc1F)NCc1cccs1. The zero-order chi connectivity index (χ0) is 13.7. The Kier molecular flexibility index (Phi) is 4.69. The van der Waals surface area contributed by atoms with Crippen LogP contribution in [-0.4, -0.2) is 12.1 Å². The highest BCUT2D eigenvalue weighted by atomic mass is 32.1. The molecule has 1 atom stereocenters. The Bertz CT molecular complexity index is 513. The molecule has 1 aromatic heterocycles. The van der Waals surface area contributed by atoms with Gasteiger partial charge in [-0.1, -0.05) is 24.3 Å². The topological polar surface area (TPSA) is 38.0 Å². The van der Waals surface area contributed by atoms with Gasteiger partial charge < -0.3 is 11.1 Å². The van der Waals surface area contributed by atoms with Crippen molar-refractivity contribution in [2.75, 3.05) is 6.54 Å². The van der Waals surface area contributed by atoms with Crippen molar-refractivity contribution in [1.29, 1.82) is 0 Å². The summed E-state index contributed by atoms with van der Waals surface area (Å²) in [7, 11) is 0. The van der Waals surface area contributed by atoms with Crippen molar-refractivity contribution < 1.29 is 4.39 Å². The maximum atomic E-state index is 13.7. The summed E-state index contributed by atoms with van der Waals surface area (Å²) in [5.74, 6) is -0.167. The number of rotatable bonds is 6. The van der Waals surface area contributed by atoms with Crippen molar-refractivity contribution in [2.45, 2.75) is 25.4 Å². The van der Waals surface area contributed by atoms with E-state index in [1.165, 1.54) is 10.9 Å². The van der Waals surface area contributed by atoms with Gasteiger partial charge in [-0.15, -0.1) is 11.3 Å². The molecule has 0 bridgehead atoms. The molecule has 1 heterocycles. The normalized spacial score (nSPS) is 14.3. The van der Waals surface area contributed by atoms with Crippen LogP contribution in [0.25, 0.3) is 0 Å². The van der Waals surface area contributed by atoms with Gasteiger partial charge in [0, 0.05) is 23.5 Å². The third-order valence-corrected chi connectivity index (χ3v) is 4.13. The van der Waals surface area contributed by atoms with Crippen molar-refractivity contribution in [2.24, 2.45) is 5.73 Å².